The van der Waals surface area contributed by atoms with Crippen LogP contribution in [0.2, 0.25) is 0 Å². The van der Waals surface area contributed by atoms with Crippen molar-refractivity contribution < 1.29 is 9.53 Å². The number of imidazole rings is 1. The van der Waals surface area contributed by atoms with Crippen molar-refractivity contribution in [1.29, 1.82) is 0 Å². The minimum absolute atomic E-state index is 0.0895. The molecule has 4 heterocycles. The van der Waals surface area contributed by atoms with Crippen LogP contribution in [0.15, 0.2) is 18.5 Å². The molecule has 2 aromatic rings. The van der Waals surface area contributed by atoms with E-state index in [1.54, 1.807) is 16.9 Å². The van der Waals surface area contributed by atoms with E-state index in [0.29, 0.717) is 17.5 Å². The van der Waals surface area contributed by atoms with E-state index in [4.69, 9.17) is 9.72 Å². The van der Waals surface area contributed by atoms with Crippen LogP contribution < -0.4 is 0 Å². The maximum absolute atomic E-state index is 12.8. The minimum Gasteiger partial charge on any atom is -0.381 e. The lowest BCUT2D eigenvalue weighted by Crippen LogP contribution is -2.42. The highest BCUT2D eigenvalue weighted by Gasteiger charge is 2.28. The number of carbonyl (C=O) groups excluding carboxylic acids is 1. The van der Waals surface area contributed by atoms with Crippen LogP contribution in [0.1, 0.15) is 53.6 Å². The summed E-state index contributed by atoms with van der Waals surface area (Å²) in [5.74, 6) is 2.24. The van der Waals surface area contributed by atoms with Gasteiger partial charge in [0.25, 0.3) is 5.91 Å². The molecule has 0 saturated carbocycles. The summed E-state index contributed by atoms with van der Waals surface area (Å²) in [6.07, 6.45) is 7.98. The van der Waals surface area contributed by atoms with Gasteiger partial charge in [-0.3, -0.25) is 9.48 Å². The summed E-state index contributed by atoms with van der Waals surface area (Å²) in [6, 6.07) is 1.80. The highest BCUT2D eigenvalue weighted by Crippen LogP contribution is 2.28. The molecule has 27 heavy (non-hydrogen) atoms. The Kier molecular flexibility index (Phi) is 5.29. The lowest BCUT2D eigenvalue weighted by Gasteiger charge is -2.34. The van der Waals surface area contributed by atoms with Gasteiger partial charge in [0, 0.05) is 63.9 Å². The van der Waals surface area contributed by atoms with Crippen LogP contribution >= 0.6 is 0 Å². The second-order valence-corrected chi connectivity index (χ2v) is 7.85. The summed E-state index contributed by atoms with van der Waals surface area (Å²) in [5.41, 5.74) is 1.88. The third-order valence-electron chi connectivity index (χ3n) is 5.96. The van der Waals surface area contributed by atoms with Crippen LogP contribution in [0, 0.1) is 12.8 Å². The summed E-state index contributed by atoms with van der Waals surface area (Å²) in [7, 11) is 1.82. The molecule has 2 fully saturated rings. The van der Waals surface area contributed by atoms with Gasteiger partial charge in [-0.2, -0.15) is 5.10 Å². The van der Waals surface area contributed by atoms with Crippen LogP contribution in [-0.4, -0.2) is 56.4 Å². The van der Waals surface area contributed by atoms with Gasteiger partial charge in [0.15, 0.2) is 0 Å². The van der Waals surface area contributed by atoms with Crippen LogP contribution in [0.4, 0.5) is 0 Å². The van der Waals surface area contributed by atoms with Gasteiger partial charge in [-0.05, 0) is 44.6 Å². The number of hydrogen-bond acceptors (Lipinski definition) is 4. The second kappa shape index (κ2) is 7.84. The molecule has 146 valence electrons. The average molecular weight is 371 g/mol. The molecular formula is C20H29N5O2. The summed E-state index contributed by atoms with van der Waals surface area (Å²) < 4.78 is 9.56. The van der Waals surface area contributed by atoms with Crippen molar-refractivity contribution in [3.8, 4) is 0 Å². The van der Waals surface area contributed by atoms with Crippen molar-refractivity contribution >= 4 is 5.91 Å². The highest BCUT2D eigenvalue weighted by atomic mass is 16.5. The van der Waals surface area contributed by atoms with E-state index in [1.165, 1.54) is 11.5 Å². The molecule has 0 N–H and O–H groups in total. The zero-order valence-corrected chi connectivity index (χ0v) is 16.3. The average Bonchev–Trinajstić information content (AvgIpc) is 3.28. The van der Waals surface area contributed by atoms with E-state index in [0.717, 1.165) is 58.5 Å². The van der Waals surface area contributed by atoms with Gasteiger partial charge >= 0.3 is 0 Å². The Hall–Kier alpha value is -2.15. The molecule has 0 aromatic carbocycles. The first-order chi connectivity index (χ1) is 13.1. The normalized spacial score (nSPS) is 21.6. The monoisotopic (exact) mass is 371 g/mol. The van der Waals surface area contributed by atoms with Gasteiger partial charge in [0.05, 0.1) is 0 Å². The Balaban J connectivity index is 1.46. The number of carbonyl (C=O) groups is 1. The lowest BCUT2D eigenvalue weighted by atomic mass is 9.96. The molecule has 2 saturated heterocycles. The van der Waals surface area contributed by atoms with Crippen molar-refractivity contribution in [2.75, 3.05) is 26.3 Å². The zero-order chi connectivity index (χ0) is 18.8. The lowest BCUT2D eigenvalue weighted by molar-refractivity contribution is 0.0646. The Bertz CT molecular complexity index is 790. The topological polar surface area (TPSA) is 65.2 Å². The smallest absolute Gasteiger partial charge is 0.272 e. The number of likely N-dealkylation sites (tertiary alicyclic amines) is 1. The first-order valence-corrected chi connectivity index (χ1v) is 10.0. The maximum Gasteiger partial charge on any atom is 0.272 e. The number of rotatable bonds is 4. The third kappa shape index (κ3) is 3.78. The molecule has 0 radical (unpaired) electrons. The molecule has 0 aliphatic carbocycles. The fourth-order valence-electron chi connectivity index (χ4n) is 4.40. The minimum atomic E-state index is 0.0895. The summed E-state index contributed by atoms with van der Waals surface area (Å²) in [5, 5.41) is 4.13. The van der Waals surface area contributed by atoms with Crippen molar-refractivity contribution in [2.24, 2.45) is 13.0 Å². The fourth-order valence-corrected chi connectivity index (χ4v) is 4.40. The molecule has 7 heteroatoms. The molecule has 0 bridgehead atoms. The van der Waals surface area contributed by atoms with Crippen LogP contribution in [0.3, 0.4) is 0 Å². The third-order valence-corrected chi connectivity index (χ3v) is 5.96. The molecule has 2 aliphatic heterocycles. The zero-order valence-electron chi connectivity index (χ0n) is 16.3. The SMILES string of the molecule is Cc1cnc(C2CCOCC2)n1CC1CCCN(C(=O)c2ccnn2C)C1. The van der Waals surface area contributed by atoms with Gasteiger partial charge < -0.3 is 14.2 Å². The Morgan fingerprint density at radius 1 is 1.30 bits per heavy atom. The molecule has 1 unspecified atom stereocenters. The van der Waals surface area contributed by atoms with Gasteiger partial charge in [-0.25, -0.2) is 4.98 Å². The number of amides is 1. The number of aryl methyl sites for hydroxylation is 2. The second-order valence-electron chi connectivity index (χ2n) is 7.85. The standard InChI is InChI=1S/C20H29N5O2/c1-15-12-21-19(17-6-10-27-11-7-17)25(15)14-16-4-3-9-24(13-16)20(26)18-5-8-22-23(18)2/h5,8,12,16-17H,3-4,6-7,9-11,13-14H2,1-2H3. The van der Waals surface area contributed by atoms with Crippen LogP contribution in [-0.2, 0) is 18.3 Å². The van der Waals surface area contributed by atoms with E-state index in [9.17, 15) is 4.79 Å². The van der Waals surface area contributed by atoms with Crippen molar-refractivity contribution in [1.82, 2.24) is 24.2 Å². The number of ether oxygens (including phenoxy) is 1. The van der Waals surface area contributed by atoms with Crippen molar-refractivity contribution in [3.05, 3.63) is 35.7 Å². The largest absolute Gasteiger partial charge is 0.381 e. The van der Waals surface area contributed by atoms with E-state index < -0.39 is 0 Å². The quantitative estimate of drug-likeness (QED) is 0.828. The molecule has 2 aromatic heterocycles. The van der Waals surface area contributed by atoms with E-state index in [2.05, 4.69) is 16.6 Å². The molecule has 4 rings (SSSR count). The number of piperidine rings is 1. The van der Waals surface area contributed by atoms with Crippen LogP contribution in [0.25, 0.3) is 0 Å². The summed E-state index contributed by atoms with van der Waals surface area (Å²) in [4.78, 5) is 19.6. The molecule has 2 aliphatic rings. The summed E-state index contributed by atoms with van der Waals surface area (Å²) in [6.45, 7) is 6.36. The first kappa shape index (κ1) is 18.2. The molecular weight excluding hydrogens is 342 g/mol. The van der Waals surface area contributed by atoms with Crippen molar-refractivity contribution in [3.63, 3.8) is 0 Å². The van der Waals surface area contributed by atoms with E-state index in [-0.39, 0.29) is 5.91 Å². The fraction of sp³-hybridized carbons (Fsp3) is 0.650. The van der Waals surface area contributed by atoms with Gasteiger partial charge in [-0.1, -0.05) is 0 Å². The van der Waals surface area contributed by atoms with Gasteiger partial charge in [0.1, 0.15) is 11.5 Å². The number of nitrogens with zero attached hydrogens (tertiary/aromatic N) is 5. The van der Waals surface area contributed by atoms with E-state index in [1.807, 2.05) is 18.1 Å². The number of hydrogen-bond donors (Lipinski definition) is 0. The highest BCUT2D eigenvalue weighted by molar-refractivity contribution is 5.92. The Morgan fingerprint density at radius 3 is 2.85 bits per heavy atom. The van der Waals surface area contributed by atoms with Crippen LogP contribution in [0.5, 0.6) is 0 Å². The number of aromatic nitrogens is 4. The first-order valence-electron chi connectivity index (χ1n) is 10.0. The molecule has 7 nitrogen and oxygen atoms in total. The van der Waals surface area contributed by atoms with Gasteiger partial charge in [0.2, 0.25) is 0 Å². The predicted octanol–water partition coefficient (Wildman–Crippen LogP) is 2.37. The summed E-state index contributed by atoms with van der Waals surface area (Å²) >= 11 is 0. The Morgan fingerprint density at radius 2 is 2.11 bits per heavy atom. The predicted molar refractivity (Wildman–Crippen MR) is 102 cm³/mol. The molecule has 0 spiro atoms. The maximum atomic E-state index is 12.8. The molecule has 1 amide bonds. The van der Waals surface area contributed by atoms with Crippen molar-refractivity contribution in [2.45, 2.75) is 45.1 Å². The Labute approximate surface area is 160 Å². The molecule has 1 atom stereocenters. The van der Waals surface area contributed by atoms with E-state index >= 15 is 0 Å². The van der Waals surface area contributed by atoms with Gasteiger partial charge in [-0.15, -0.1) is 0 Å².